The lowest BCUT2D eigenvalue weighted by Gasteiger charge is -2.28. The Morgan fingerprint density at radius 2 is 1.88 bits per heavy atom. The maximum atomic E-state index is 11.4. The van der Waals surface area contributed by atoms with Gasteiger partial charge in [-0.15, -0.1) is 0 Å². The molecule has 0 aliphatic heterocycles. The summed E-state index contributed by atoms with van der Waals surface area (Å²) in [7, 11) is 0. The minimum absolute atomic E-state index is 0.134. The second-order valence-electron chi connectivity index (χ2n) is 5.31. The standard InChI is InChI=1S/C14H17Cl2N3O5/c1-5(21)17-11(13(24)12(23)10(22)4-20)14-18-8-2-6(15)7(16)3-9(8)19-14/h2-3,10-13,20,22-24H,4H2,1H3,(H,17,21)(H,18,19)/t10?,11-,12?,13?/m0/s1. The fourth-order valence-corrected chi connectivity index (χ4v) is 2.56. The molecule has 0 spiro atoms. The molecule has 132 valence electrons. The van der Waals surface area contributed by atoms with Gasteiger partial charge in [0, 0.05) is 6.92 Å². The first-order valence-electron chi connectivity index (χ1n) is 7.01. The minimum Gasteiger partial charge on any atom is -0.394 e. The van der Waals surface area contributed by atoms with Gasteiger partial charge in [-0.3, -0.25) is 4.79 Å². The average molecular weight is 378 g/mol. The number of imidazole rings is 1. The number of carbonyl (C=O) groups excluding carboxylic acids is 1. The van der Waals surface area contributed by atoms with Crippen molar-refractivity contribution in [3.8, 4) is 0 Å². The number of H-pyrrole nitrogens is 1. The van der Waals surface area contributed by atoms with Crippen molar-refractivity contribution in [3.63, 3.8) is 0 Å². The van der Waals surface area contributed by atoms with Gasteiger partial charge in [0.25, 0.3) is 0 Å². The summed E-state index contributed by atoms with van der Waals surface area (Å²) in [6.45, 7) is 0.474. The van der Waals surface area contributed by atoms with Crippen molar-refractivity contribution in [2.75, 3.05) is 6.61 Å². The Kier molecular flexibility index (Phi) is 6.02. The SMILES string of the molecule is CC(=O)N[C@H](c1nc2cc(Cl)c(Cl)cc2[nH]1)C(O)C(O)C(O)CO. The Morgan fingerprint density at radius 3 is 2.46 bits per heavy atom. The van der Waals surface area contributed by atoms with Crippen LogP contribution in [-0.2, 0) is 4.79 Å². The fourth-order valence-electron chi connectivity index (χ4n) is 2.24. The van der Waals surface area contributed by atoms with Gasteiger partial charge in [0.15, 0.2) is 0 Å². The van der Waals surface area contributed by atoms with E-state index in [9.17, 15) is 20.1 Å². The number of benzene rings is 1. The van der Waals surface area contributed by atoms with E-state index in [0.29, 0.717) is 16.1 Å². The van der Waals surface area contributed by atoms with Crippen molar-refractivity contribution in [3.05, 3.63) is 28.0 Å². The number of aliphatic hydroxyl groups is 4. The topological polar surface area (TPSA) is 139 Å². The molecule has 2 aromatic rings. The lowest BCUT2D eigenvalue weighted by molar-refractivity contribution is -0.123. The molecular weight excluding hydrogens is 361 g/mol. The van der Waals surface area contributed by atoms with Crippen LogP contribution >= 0.6 is 23.2 Å². The highest BCUT2D eigenvalue weighted by Crippen LogP contribution is 2.28. The molecule has 24 heavy (non-hydrogen) atoms. The minimum atomic E-state index is -1.70. The number of nitrogens with zero attached hydrogens (tertiary/aromatic N) is 1. The third-order valence-corrected chi connectivity index (χ3v) is 4.19. The van der Waals surface area contributed by atoms with E-state index in [-0.39, 0.29) is 10.8 Å². The van der Waals surface area contributed by atoms with Crippen LogP contribution < -0.4 is 5.32 Å². The number of hydrogen-bond acceptors (Lipinski definition) is 6. The second-order valence-corrected chi connectivity index (χ2v) is 6.13. The summed E-state index contributed by atoms with van der Waals surface area (Å²) in [6.07, 6.45) is -4.90. The lowest BCUT2D eigenvalue weighted by atomic mass is 10.0. The van der Waals surface area contributed by atoms with E-state index in [1.807, 2.05) is 0 Å². The van der Waals surface area contributed by atoms with E-state index >= 15 is 0 Å². The van der Waals surface area contributed by atoms with Crippen molar-refractivity contribution in [1.29, 1.82) is 0 Å². The highest BCUT2D eigenvalue weighted by molar-refractivity contribution is 6.42. The van der Waals surface area contributed by atoms with Gasteiger partial charge in [0.2, 0.25) is 5.91 Å². The first kappa shape index (κ1) is 18.9. The Labute approximate surface area is 147 Å². The van der Waals surface area contributed by atoms with Crippen molar-refractivity contribution in [2.24, 2.45) is 0 Å². The van der Waals surface area contributed by atoms with Gasteiger partial charge in [-0.1, -0.05) is 23.2 Å². The number of rotatable bonds is 6. The Balaban J connectivity index is 2.42. The van der Waals surface area contributed by atoms with Gasteiger partial charge in [0.05, 0.1) is 27.7 Å². The summed E-state index contributed by atoms with van der Waals surface area (Å²) in [5.74, 6) is -0.350. The highest BCUT2D eigenvalue weighted by Gasteiger charge is 2.34. The predicted molar refractivity (Wildman–Crippen MR) is 87.8 cm³/mol. The number of carbonyl (C=O) groups is 1. The quantitative estimate of drug-likeness (QED) is 0.422. The molecule has 1 aromatic carbocycles. The summed E-state index contributed by atoms with van der Waals surface area (Å²) in [6, 6.07) is 1.89. The molecule has 0 saturated carbocycles. The largest absolute Gasteiger partial charge is 0.394 e. The van der Waals surface area contributed by atoms with E-state index in [1.165, 1.54) is 19.1 Å². The number of aromatic amines is 1. The Hall–Kier alpha value is -1.42. The van der Waals surface area contributed by atoms with Crippen LogP contribution in [0.2, 0.25) is 10.0 Å². The van der Waals surface area contributed by atoms with E-state index in [4.69, 9.17) is 28.3 Å². The summed E-state index contributed by atoms with van der Waals surface area (Å²) >= 11 is 11.9. The molecule has 2 rings (SSSR count). The zero-order valence-corrected chi connectivity index (χ0v) is 14.1. The number of amides is 1. The first-order valence-corrected chi connectivity index (χ1v) is 7.77. The van der Waals surface area contributed by atoms with E-state index in [2.05, 4.69) is 15.3 Å². The van der Waals surface area contributed by atoms with E-state index in [1.54, 1.807) is 0 Å². The monoisotopic (exact) mass is 377 g/mol. The van der Waals surface area contributed by atoms with Crippen LogP contribution in [0.3, 0.4) is 0 Å². The molecule has 0 radical (unpaired) electrons. The molecule has 4 atom stereocenters. The zero-order chi connectivity index (χ0) is 18.0. The normalized spacial score (nSPS) is 16.6. The second kappa shape index (κ2) is 7.64. The van der Waals surface area contributed by atoms with Gasteiger partial charge in [0.1, 0.15) is 30.2 Å². The molecular formula is C14H17Cl2N3O5. The number of fused-ring (bicyclic) bond motifs is 1. The maximum absolute atomic E-state index is 11.4. The summed E-state index contributed by atoms with van der Waals surface area (Å²) in [4.78, 5) is 18.5. The number of aromatic nitrogens is 2. The van der Waals surface area contributed by atoms with Crippen molar-refractivity contribution >= 4 is 40.1 Å². The van der Waals surface area contributed by atoms with Gasteiger partial charge in [-0.2, -0.15) is 0 Å². The molecule has 1 heterocycles. The number of halogens is 2. The van der Waals surface area contributed by atoms with Crippen LogP contribution in [0.15, 0.2) is 12.1 Å². The number of aliphatic hydroxyl groups excluding tert-OH is 4. The lowest BCUT2D eigenvalue weighted by Crippen LogP contribution is -2.47. The first-order chi connectivity index (χ1) is 11.2. The van der Waals surface area contributed by atoms with E-state index < -0.39 is 36.9 Å². The molecule has 3 unspecified atom stereocenters. The van der Waals surface area contributed by atoms with Crippen LogP contribution in [0.5, 0.6) is 0 Å². The number of hydrogen-bond donors (Lipinski definition) is 6. The highest BCUT2D eigenvalue weighted by atomic mass is 35.5. The Morgan fingerprint density at radius 1 is 1.25 bits per heavy atom. The smallest absolute Gasteiger partial charge is 0.217 e. The molecule has 6 N–H and O–H groups in total. The van der Waals surface area contributed by atoms with Gasteiger partial charge >= 0.3 is 0 Å². The zero-order valence-electron chi connectivity index (χ0n) is 12.6. The third kappa shape index (κ3) is 3.97. The van der Waals surface area contributed by atoms with Crippen molar-refractivity contribution < 1.29 is 25.2 Å². The maximum Gasteiger partial charge on any atom is 0.217 e. The summed E-state index contributed by atoms with van der Waals surface area (Å²) < 4.78 is 0. The summed E-state index contributed by atoms with van der Waals surface area (Å²) in [5, 5.41) is 41.6. The van der Waals surface area contributed by atoms with Gasteiger partial charge in [-0.05, 0) is 12.1 Å². The molecule has 1 aromatic heterocycles. The summed E-state index contributed by atoms with van der Waals surface area (Å²) in [5.41, 5.74) is 0.957. The van der Waals surface area contributed by atoms with Crippen molar-refractivity contribution in [2.45, 2.75) is 31.3 Å². The van der Waals surface area contributed by atoms with Crippen LogP contribution in [0.25, 0.3) is 11.0 Å². The predicted octanol–water partition coefficient (Wildman–Crippen LogP) is 0.122. The molecule has 0 aliphatic rings. The van der Waals surface area contributed by atoms with Crippen molar-refractivity contribution in [1.82, 2.24) is 15.3 Å². The van der Waals surface area contributed by atoms with Crippen LogP contribution in [0.4, 0.5) is 0 Å². The van der Waals surface area contributed by atoms with Crippen LogP contribution in [-0.4, -0.2) is 61.2 Å². The molecule has 0 bridgehead atoms. The van der Waals surface area contributed by atoms with Crippen LogP contribution in [0.1, 0.15) is 18.8 Å². The Bertz CT molecular complexity index is 700. The molecule has 8 nitrogen and oxygen atoms in total. The fraction of sp³-hybridized carbons (Fsp3) is 0.429. The molecule has 10 heteroatoms. The molecule has 0 aliphatic carbocycles. The van der Waals surface area contributed by atoms with Gasteiger partial charge < -0.3 is 30.7 Å². The molecule has 0 fully saturated rings. The molecule has 1 amide bonds. The van der Waals surface area contributed by atoms with Crippen LogP contribution in [0, 0.1) is 0 Å². The third-order valence-electron chi connectivity index (χ3n) is 3.47. The average Bonchev–Trinajstić information content (AvgIpc) is 2.93. The number of nitrogens with one attached hydrogen (secondary N) is 2. The van der Waals surface area contributed by atoms with Gasteiger partial charge in [-0.25, -0.2) is 4.98 Å². The van der Waals surface area contributed by atoms with E-state index in [0.717, 1.165) is 0 Å². The molecule has 0 saturated heterocycles.